The van der Waals surface area contributed by atoms with Crippen molar-refractivity contribution in [2.24, 2.45) is 0 Å². The van der Waals surface area contributed by atoms with Crippen LogP contribution < -0.4 is 10.6 Å². The van der Waals surface area contributed by atoms with E-state index >= 15 is 0 Å². The fourth-order valence-corrected chi connectivity index (χ4v) is 7.33. The average molecular weight is 488 g/mol. The summed E-state index contributed by atoms with van der Waals surface area (Å²) < 4.78 is 26.7. The van der Waals surface area contributed by atoms with Gasteiger partial charge in [-0.3, -0.25) is 0 Å². The van der Waals surface area contributed by atoms with Gasteiger partial charge in [0.2, 0.25) is 0 Å². The van der Waals surface area contributed by atoms with Crippen LogP contribution in [0.4, 0.5) is 10.5 Å². The van der Waals surface area contributed by atoms with Crippen LogP contribution in [-0.4, -0.2) is 54.9 Å². The Hall–Kier alpha value is -1.48. The summed E-state index contributed by atoms with van der Waals surface area (Å²) in [4.78, 5) is 14.4. The number of hydrogen-bond acceptors (Lipinski definition) is 5. The summed E-state index contributed by atoms with van der Waals surface area (Å²) in [6.07, 6.45) is 7.22. The number of rotatable bonds is 5. The number of likely N-dealkylation sites (tertiary alicyclic amines) is 1. The second-order valence-electron chi connectivity index (χ2n) is 8.46. The molecule has 2 fully saturated rings. The zero-order chi connectivity index (χ0) is 22.2. The molecule has 1 unspecified atom stereocenters. The van der Waals surface area contributed by atoms with Crippen LogP contribution in [0.3, 0.4) is 0 Å². The molecule has 0 spiro atoms. The summed E-state index contributed by atoms with van der Waals surface area (Å²) in [6, 6.07) is 2.36. The van der Waals surface area contributed by atoms with Crippen molar-refractivity contribution >= 4 is 44.8 Å². The number of halogens is 2. The number of phenols is 1. The largest absolute Gasteiger partial charge is 0.504 e. The fourth-order valence-electron chi connectivity index (χ4n) is 4.64. The number of benzene rings is 1. The molecule has 31 heavy (non-hydrogen) atoms. The highest BCUT2D eigenvalue weighted by atomic mass is 35.5. The molecule has 3 aliphatic rings. The molecule has 2 aliphatic carbocycles. The maximum Gasteiger partial charge on any atom is 0.319 e. The first kappa shape index (κ1) is 22.7. The zero-order valence-electron chi connectivity index (χ0n) is 17.1. The van der Waals surface area contributed by atoms with Crippen LogP contribution >= 0.6 is 23.2 Å². The standard InChI is InChI=1S/C21H27Cl2N3O4S/c22-15-3-1-4-17(15)24-21(28)25-18-10-9-16(23)20(19(18)27)31(29,30)14-7-5-13(6-8-14)26-11-2-12-26/h3,9-10,13-14,17,27H,1-2,4-8,11-12H2,(H2,24,25,28). The van der Waals surface area contributed by atoms with E-state index in [1.165, 1.54) is 18.6 Å². The van der Waals surface area contributed by atoms with E-state index in [0.29, 0.717) is 30.3 Å². The van der Waals surface area contributed by atoms with Gasteiger partial charge in [0.1, 0.15) is 4.90 Å². The summed E-state index contributed by atoms with van der Waals surface area (Å²) in [5.41, 5.74) is -0.00663. The first-order valence-corrected chi connectivity index (χ1v) is 13.0. The molecule has 3 N–H and O–H groups in total. The fraction of sp³-hybridized carbons (Fsp3) is 0.571. The van der Waals surface area contributed by atoms with E-state index in [9.17, 15) is 18.3 Å². The number of nitrogens with one attached hydrogen (secondary N) is 2. The molecule has 0 bridgehead atoms. The Balaban J connectivity index is 1.48. The minimum absolute atomic E-state index is 0.00663. The van der Waals surface area contributed by atoms with Crippen LogP contribution in [0.5, 0.6) is 5.75 Å². The number of anilines is 1. The van der Waals surface area contributed by atoms with Gasteiger partial charge in [-0.1, -0.05) is 29.3 Å². The Morgan fingerprint density at radius 1 is 1.10 bits per heavy atom. The third-order valence-electron chi connectivity index (χ3n) is 6.54. The van der Waals surface area contributed by atoms with Crippen LogP contribution in [0, 0.1) is 0 Å². The molecule has 10 heteroatoms. The Morgan fingerprint density at radius 3 is 2.39 bits per heavy atom. The molecule has 2 amide bonds. The normalized spacial score (nSPS) is 26.8. The van der Waals surface area contributed by atoms with E-state index in [-0.39, 0.29) is 21.6 Å². The monoisotopic (exact) mass is 487 g/mol. The highest BCUT2D eigenvalue weighted by Gasteiger charge is 2.38. The number of amides is 2. The number of sulfone groups is 1. The molecule has 1 saturated heterocycles. The van der Waals surface area contributed by atoms with Crippen molar-refractivity contribution in [3.05, 3.63) is 28.3 Å². The van der Waals surface area contributed by atoms with Gasteiger partial charge < -0.3 is 20.6 Å². The average Bonchev–Trinajstić information content (AvgIpc) is 3.07. The van der Waals surface area contributed by atoms with Gasteiger partial charge in [0.15, 0.2) is 15.6 Å². The predicted octanol–water partition coefficient (Wildman–Crippen LogP) is 4.24. The number of urea groups is 1. The Kier molecular flexibility index (Phi) is 6.72. The van der Waals surface area contributed by atoms with Crippen molar-refractivity contribution in [2.45, 2.75) is 67.2 Å². The van der Waals surface area contributed by atoms with E-state index < -0.39 is 26.9 Å². The lowest BCUT2D eigenvalue weighted by molar-refractivity contribution is 0.0918. The third kappa shape index (κ3) is 4.67. The van der Waals surface area contributed by atoms with Crippen molar-refractivity contribution < 1.29 is 18.3 Å². The van der Waals surface area contributed by atoms with Gasteiger partial charge in [0, 0.05) is 11.1 Å². The summed E-state index contributed by atoms with van der Waals surface area (Å²) in [6.45, 7) is 2.18. The van der Waals surface area contributed by atoms with Gasteiger partial charge in [-0.25, -0.2) is 13.2 Å². The SMILES string of the molecule is O=C(Nc1ccc(Cl)c(S(=O)(=O)C2CCC(N3CCC3)CC2)c1O)NC1CCC=C1Cl. The third-order valence-corrected chi connectivity index (χ3v) is 9.71. The molecule has 1 atom stereocenters. The van der Waals surface area contributed by atoms with Crippen LogP contribution in [0.25, 0.3) is 0 Å². The first-order valence-electron chi connectivity index (χ1n) is 10.7. The number of hydrogen-bond donors (Lipinski definition) is 3. The molecule has 1 aromatic carbocycles. The van der Waals surface area contributed by atoms with Crippen LogP contribution in [0.15, 0.2) is 28.1 Å². The number of phenolic OH excluding ortho intramolecular Hbond substituents is 1. The minimum Gasteiger partial charge on any atom is -0.504 e. The Labute approximate surface area is 192 Å². The number of allylic oxidation sites excluding steroid dienone is 1. The topological polar surface area (TPSA) is 98.7 Å². The van der Waals surface area contributed by atoms with E-state index in [0.717, 1.165) is 32.4 Å². The summed E-state index contributed by atoms with van der Waals surface area (Å²) in [7, 11) is -3.85. The van der Waals surface area contributed by atoms with Crippen LogP contribution in [0.1, 0.15) is 44.9 Å². The zero-order valence-corrected chi connectivity index (χ0v) is 19.4. The number of carbonyl (C=O) groups excluding carboxylic acids is 1. The van der Waals surface area contributed by atoms with Gasteiger partial charge >= 0.3 is 6.03 Å². The number of aromatic hydroxyl groups is 1. The summed E-state index contributed by atoms with van der Waals surface area (Å²) in [5.74, 6) is -0.527. The lowest BCUT2D eigenvalue weighted by atomic mass is 9.92. The highest BCUT2D eigenvalue weighted by molar-refractivity contribution is 7.92. The molecule has 4 rings (SSSR count). The predicted molar refractivity (Wildman–Crippen MR) is 122 cm³/mol. The molecular formula is C21H27Cl2N3O4S. The van der Waals surface area contributed by atoms with Gasteiger partial charge in [-0.2, -0.15) is 0 Å². The van der Waals surface area contributed by atoms with Gasteiger partial charge in [0.25, 0.3) is 0 Å². The Bertz CT molecular complexity index is 987. The lowest BCUT2D eigenvalue weighted by Crippen LogP contribution is -2.47. The molecule has 1 heterocycles. The molecule has 1 aromatic rings. The van der Waals surface area contributed by atoms with Crippen molar-refractivity contribution in [3.8, 4) is 5.75 Å². The van der Waals surface area contributed by atoms with E-state index in [1.54, 1.807) is 0 Å². The van der Waals surface area contributed by atoms with E-state index in [1.807, 2.05) is 6.08 Å². The van der Waals surface area contributed by atoms with Crippen LogP contribution in [-0.2, 0) is 9.84 Å². The lowest BCUT2D eigenvalue weighted by Gasteiger charge is -2.41. The van der Waals surface area contributed by atoms with Crippen LogP contribution in [0.2, 0.25) is 5.02 Å². The second kappa shape index (κ2) is 9.17. The molecule has 170 valence electrons. The van der Waals surface area contributed by atoms with Crippen molar-refractivity contribution in [2.75, 3.05) is 18.4 Å². The number of nitrogens with zero attached hydrogens (tertiary/aromatic N) is 1. The molecule has 0 radical (unpaired) electrons. The minimum atomic E-state index is -3.85. The van der Waals surface area contributed by atoms with Gasteiger partial charge in [0.05, 0.1) is 22.0 Å². The van der Waals surface area contributed by atoms with E-state index in [2.05, 4.69) is 15.5 Å². The molecule has 0 aromatic heterocycles. The Morgan fingerprint density at radius 2 is 1.81 bits per heavy atom. The maximum atomic E-state index is 13.3. The van der Waals surface area contributed by atoms with Crippen molar-refractivity contribution in [1.29, 1.82) is 0 Å². The highest BCUT2D eigenvalue weighted by Crippen LogP contribution is 2.42. The second-order valence-corrected chi connectivity index (χ2v) is 11.5. The molecule has 1 saturated carbocycles. The quantitative estimate of drug-likeness (QED) is 0.539. The van der Waals surface area contributed by atoms with E-state index in [4.69, 9.17) is 23.2 Å². The summed E-state index contributed by atoms with van der Waals surface area (Å²) in [5, 5.41) is 15.9. The first-order chi connectivity index (χ1) is 14.8. The number of carbonyl (C=O) groups is 1. The summed E-state index contributed by atoms with van der Waals surface area (Å²) >= 11 is 12.3. The maximum absolute atomic E-state index is 13.3. The van der Waals surface area contributed by atoms with Gasteiger partial charge in [-0.15, -0.1) is 0 Å². The molecule has 1 aliphatic heterocycles. The molecule has 7 nitrogen and oxygen atoms in total. The van der Waals surface area contributed by atoms with Gasteiger partial charge in [-0.05, 0) is 70.2 Å². The smallest absolute Gasteiger partial charge is 0.319 e. The van der Waals surface area contributed by atoms with Crippen molar-refractivity contribution in [1.82, 2.24) is 10.2 Å². The molecular weight excluding hydrogens is 461 g/mol. The van der Waals surface area contributed by atoms with Crippen molar-refractivity contribution in [3.63, 3.8) is 0 Å².